The first-order valence-electron chi connectivity index (χ1n) is 6.05. The van der Waals surface area contributed by atoms with Crippen LogP contribution in [0.3, 0.4) is 0 Å². The van der Waals surface area contributed by atoms with Gasteiger partial charge in [0, 0.05) is 11.2 Å². The van der Waals surface area contributed by atoms with E-state index in [0.29, 0.717) is 5.69 Å². The Balaban J connectivity index is 2.70. The minimum Gasteiger partial charge on any atom is -0.382 e. The molecule has 1 aromatic rings. The first-order valence-corrected chi connectivity index (χ1v) is 6.05. The summed E-state index contributed by atoms with van der Waals surface area (Å²) in [6, 6.07) is -0.652. The molecular weight excluding hydrogens is 246 g/mol. The van der Waals surface area contributed by atoms with Crippen LogP contribution in [0, 0.1) is 6.92 Å². The maximum atomic E-state index is 12.0. The molecule has 19 heavy (non-hydrogen) atoms. The topological polar surface area (TPSA) is 113 Å². The van der Waals surface area contributed by atoms with Crippen molar-refractivity contribution in [3.63, 3.8) is 0 Å². The smallest absolute Gasteiger partial charge is 0.257 e. The molecule has 0 aliphatic rings. The van der Waals surface area contributed by atoms with Crippen LogP contribution in [0.15, 0.2) is 0 Å². The number of carbonyl (C=O) groups is 2. The lowest BCUT2D eigenvalue weighted by Gasteiger charge is -2.23. The number of nitrogens with one attached hydrogen (secondary N) is 3. The van der Waals surface area contributed by atoms with Crippen LogP contribution in [0.4, 0.5) is 5.82 Å². The minimum absolute atomic E-state index is 0.124. The van der Waals surface area contributed by atoms with E-state index in [9.17, 15) is 9.59 Å². The summed E-state index contributed by atoms with van der Waals surface area (Å²) in [5.41, 5.74) is 6.09. The maximum absolute atomic E-state index is 12.0. The molecule has 5 N–H and O–H groups in total. The normalized spacial score (nSPS) is 12.9. The van der Waals surface area contributed by atoms with Gasteiger partial charge in [0.2, 0.25) is 5.91 Å². The summed E-state index contributed by atoms with van der Waals surface area (Å²) in [6.07, 6.45) is 0. The monoisotopic (exact) mass is 267 g/mol. The molecule has 0 fully saturated rings. The molecule has 0 aliphatic heterocycles. The van der Waals surface area contributed by atoms with E-state index < -0.39 is 11.9 Å². The number of aromatic amines is 1. The van der Waals surface area contributed by atoms with Gasteiger partial charge in [-0.05, 0) is 34.6 Å². The second-order valence-electron chi connectivity index (χ2n) is 5.54. The highest BCUT2D eigenvalue weighted by Gasteiger charge is 2.23. The van der Waals surface area contributed by atoms with E-state index in [4.69, 9.17) is 5.73 Å². The van der Waals surface area contributed by atoms with Gasteiger partial charge in [-0.3, -0.25) is 14.7 Å². The van der Waals surface area contributed by atoms with Crippen LogP contribution < -0.4 is 16.4 Å². The van der Waals surface area contributed by atoms with Crippen molar-refractivity contribution in [1.29, 1.82) is 0 Å². The standard InChI is InChI=1S/C12H21N5O2/c1-6-8(9(13)17-16-6)11(19)14-7(2)10(18)15-12(3,4)5/h7H,1-5H3,(H,14,19)(H,15,18)(H3,13,16,17). The number of rotatable bonds is 3. The van der Waals surface area contributed by atoms with E-state index in [1.54, 1.807) is 13.8 Å². The molecule has 0 aromatic carbocycles. The van der Waals surface area contributed by atoms with Gasteiger partial charge in [0.1, 0.15) is 11.6 Å². The molecule has 1 heterocycles. The Morgan fingerprint density at radius 2 is 1.95 bits per heavy atom. The summed E-state index contributed by atoms with van der Waals surface area (Å²) in [5, 5.41) is 11.7. The molecule has 1 unspecified atom stereocenters. The number of H-pyrrole nitrogens is 1. The number of anilines is 1. The maximum Gasteiger partial charge on any atom is 0.257 e. The number of nitrogens with two attached hydrogens (primary N) is 1. The Morgan fingerprint density at radius 1 is 1.37 bits per heavy atom. The van der Waals surface area contributed by atoms with Gasteiger partial charge in [-0.1, -0.05) is 0 Å². The predicted octanol–water partition coefficient (Wildman–Crippen LogP) is 0.333. The van der Waals surface area contributed by atoms with Crippen LogP contribution in [-0.4, -0.2) is 33.6 Å². The van der Waals surface area contributed by atoms with Crippen molar-refractivity contribution in [1.82, 2.24) is 20.8 Å². The van der Waals surface area contributed by atoms with Crippen molar-refractivity contribution in [3.8, 4) is 0 Å². The number of amides is 2. The molecule has 0 saturated carbocycles. The Kier molecular flexibility index (Phi) is 4.18. The zero-order valence-corrected chi connectivity index (χ0v) is 11.9. The molecule has 0 bridgehead atoms. The Labute approximate surface area is 112 Å². The molecular formula is C12H21N5O2. The zero-order valence-electron chi connectivity index (χ0n) is 11.9. The van der Waals surface area contributed by atoms with Crippen LogP contribution in [0.25, 0.3) is 0 Å². The van der Waals surface area contributed by atoms with Gasteiger partial charge in [0.15, 0.2) is 5.82 Å². The van der Waals surface area contributed by atoms with Gasteiger partial charge < -0.3 is 16.4 Å². The molecule has 0 aliphatic carbocycles. The van der Waals surface area contributed by atoms with Crippen LogP contribution in [0.2, 0.25) is 0 Å². The van der Waals surface area contributed by atoms with Crippen molar-refractivity contribution in [2.24, 2.45) is 0 Å². The Hall–Kier alpha value is -2.05. The number of carbonyl (C=O) groups excluding carboxylic acids is 2. The van der Waals surface area contributed by atoms with E-state index in [-0.39, 0.29) is 22.8 Å². The molecule has 7 heteroatoms. The lowest BCUT2D eigenvalue weighted by Crippen LogP contribution is -2.50. The molecule has 7 nitrogen and oxygen atoms in total. The van der Waals surface area contributed by atoms with Crippen molar-refractivity contribution >= 4 is 17.6 Å². The quantitative estimate of drug-likeness (QED) is 0.632. The number of nitrogens with zero attached hydrogens (tertiary/aromatic N) is 1. The van der Waals surface area contributed by atoms with Gasteiger partial charge in [-0.15, -0.1) is 0 Å². The SMILES string of the molecule is Cc1[nH]nc(N)c1C(=O)NC(C)C(=O)NC(C)(C)C. The van der Waals surface area contributed by atoms with Crippen molar-refractivity contribution in [2.45, 2.75) is 46.2 Å². The van der Waals surface area contributed by atoms with E-state index in [1.807, 2.05) is 20.8 Å². The Bertz CT molecular complexity index is 467. The second kappa shape index (κ2) is 5.29. The molecule has 106 valence electrons. The fourth-order valence-corrected chi connectivity index (χ4v) is 1.55. The fraction of sp³-hybridized carbons (Fsp3) is 0.583. The third-order valence-electron chi connectivity index (χ3n) is 2.44. The summed E-state index contributed by atoms with van der Waals surface area (Å²) in [7, 11) is 0. The Morgan fingerprint density at radius 3 is 2.37 bits per heavy atom. The van der Waals surface area contributed by atoms with Crippen LogP contribution in [0.5, 0.6) is 0 Å². The van der Waals surface area contributed by atoms with E-state index in [2.05, 4.69) is 20.8 Å². The van der Waals surface area contributed by atoms with Crippen LogP contribution in [0.1, 0.15) is 43.7 Å². The zero-order chi connectivity index (χ0) is 14.8. The number of hydrogen-bond donors (Lipinski definition) is 4. The average Bonchev–Trinajstić information content (AvgIpc) is 2.55. The van der Waals surface area contributed by atoms with Gasteiger partial charge in [-0.2, -0.15) is 5.10 Å². The summed E-state index contributed by atoms with van der Waals surface area (Å²) in [4.78, 5) is 23.8. The molecule has 0 spiro atoms. The second-order valence-corrected chi connectivity index (χ2v) is 5.54. The third kappa shape index (κ3) is 3.97. The molecule has 1 aromatic heterocycles. The lowest BCUT2D eigenvalue weighted by molar-refractivity contribution is -0.124. The van der Waals surface area contributed by atoms with Gasteiger partial charge in [0.25, 0.3) is 5.91 Å². The largest absolute Gasteiger partial charge is 0.382 e. The van der Waals surface area contributed by atoms with Crippen molar-refractivity contribution < 1.29 is 9.59 Å². The minimum atomic E-state index is -0.652. The molecule has 2 amide bonds. The number of aromatic nitrogens is 2. The molecule has 0 radical (unpaired) electrons. The molecule has 1 atom stereocenters. The number of nitrogen functional groups attached to an aromatic ring is 1. The molecule has 1 rings (SSSR count). The van der Waals surface area contributed by atoms with Gasteiger partial charge in [0.05, 0.1) is 0 Å². The number of aryl methyl sites for hydroxylation is 1. The summed E-state index contributed by atoms with van der Waals surface area (Å²) >= 11 is 0. The highest BCUT2D eigenvalue weighted by Crippen LogP contribution is 2.12. The van der Waals surface area contributed by atoms with Gasteiger partial charge in [-0.25, -0.2) is 0 Å². The lowest BCUT2D eigenvalue weighted by atomic mass is 10.1. The number of hydrogen-bond acceptors (Lipinski definition) is 4. The summed E-state index contributed by atoms with van der Waals surface area (Å²) in [6.45, 7) is 8.93. The van der Waals surface area contributed by atoms with E-state index in [1.165, 1.54) is 0 Å². The van der Waals surface area contributed by atoms with Crippen LogP contribution >= 0.6 is 0 Å². The highest BCUT2D eigenvalue weighted by atomic mass is 16.2. The predicted molar refractivity (Wildman–Crippen MR) is 72.6 cm³/mol. The first-order chi connectivity index (χ1) is 8.61. The van der Waals surface area contributed by atoms with Crippen molar-refractivity contribution in [3.05, 3.63) is 11.3 Å². The first kappa shape index (κ1) is 15.0. The third-order valence-corrected chi connectivity index (χ3v) is 2.44. The van der Waals surface area contributed by atoms with E-state index >= 15 is 0 Å². The highest BCUT2D eigenvalue weighted by molar-refractivity contribution is 6.01. The average molecular weight is 267 g/mol. The van der Waals surface area contributed by atoms with Crippen molar-refractivity contribution in [2.75, 3.05) is 5.73 Å². The summed E-state index contributed by atoms with van der Waals surface area (Å²) in [5.74, 6) is -0.542. The van der Waals surface area contributed by atoms with Gasteiger partial charge >= 0.3 is 0 Å². The van der Waals surface area contributed by atoms with Crippen LogP contribution in [-0.2, 0) is 4.79 Å². The summed E-state index contributed by atoms with van der Waals surface area (Å²) < 4.78 is 0. The van der Waals surface area contributed by atoms with E-state index in [0.717, 1.165) is 0 Å². The molecule has 0 saturated heterocycles. The fourth-order valence-electron chi connectivity index (χ4n) is 1.55.